The molecule has 84 valence electrons. The molecule has 0 radical (unpaired) electrons. The summed E-state index contributed by atoms with van der Waals surface area (Å²) in [5, 5.41) is 20.1. The zero-order valence-corrected chi connectivity index (χ0v) is 8.83. The molecule has 0 saturated heterocycles. The third kappa shape index (κ3) is 6.86. The monoisotopic (exact) mass is 203 g/mol. The summed E-state index contributed by atoms with van der Waals surface area (Å²) in [5.41, 5.74) is 0. The van der Waals surface area contributed by atoms with E-state index in [-0.39, 0.29) is 6.61 Å². The van der Waals surface area contributed by atoms with Crippen molar-refractivity contribution in [1.82, 2.24) is 5.32 Å². The number of unbranched alkanes of at least 4 members (excludes halogenated alkanes) is 4. The van der Waals surface area contributed by atoms with E-state index in [4.69, 9.17) is 10.2 Å². The van der Waals surface area contributed by atoms with Gasteiger partial charge in [0.05, 0.1) is 6.61 Å². The Labute approximate surface area is 85.3 Å². The molecule has 14 heavy (non-hydrogen) atoms. The largest absolute Gasteiger partial charge is 0.480 e. The fourth-order valence-electron chi connectivity index (χ4n) is 1.23. The molecule has 0 aromatic rings. The van der Waals surface area contributed by atoms with Crippen LogP contribution in [0.25, 0.3) is 0 Å². The van der Waals surface area contributed by atoms with Gasteiger partial charge in [-0.05, 0) is 13.0 Å². The molecule has 4 nitrogen and oxygen atoms in total. The second-order valence-electron chi connectivity index (χ2n) is 3.44. The third-order valence-corrected chi connectivity index (χ3v) is 2.15. The molecular weight excluding hydrogens is 182 g/mol. The van der Waals surface area contributed by atoms with Crippen LogP contribution in [-0.4, -0.2) is 35.4 Å². The highest BCUT2D eigenvalue weighted by molar-refractivity contribution is 5.73. The molecule has 0 heterocycles. The number of hydrogen-bond acceptors (Lipinski definition) is 3. The molecule has 0 rings (SSSR count). The molecule has 0 amide bonds. The number of carboxylic acid groups (broad SMARTS) is 1. The van der Waals surface area contributed by atoms with Crippen LogP contribution in [-0.2, 0) is 4.79 Å². The van der Waals surface area contributed by atoms with Crippen molar-refractivity contribution in [1.29, 1.82) is 0 Å². The van der Waals surface area contributed by atoms with E-state index in [1.165, 1.54) is 19.3 Å². The molecule has 0 aliphatic rings. The number of aliphatic hydroxyl groups is 1. The quantitative estimate of drug-likeness (QED) is 0.489. The Morgan fingerprint density at radius 2 is 1.93 bits per heavy atom. The molecule has 0 aromatic carbocycles. The van der Waals surface area contributed by atoms with Crippen molar-refractivity contribution in [2.75, 3.05) is 13.2 Å². The van der Waals surface area contributed by atoms with Crippen LogP contribution in [0.3, 0.4) is 0 Å². The van der Waals surface area contributed by atoms with Gasteiger partial charge in [-0.15, -0.1) is 0 Å². The zero-order chi connectivity index (χ0) is 10.8. The summed E-state index contributed by atoms with van der Waals surface area (Å²) in [7, 11) is 0. The molecule has 0 aliphatic heterocycles. The first kappa shape index (κ1) is 13.4. The highest BCUT2D eigenvalue weighted by atomic mass is 16.4. The SMILES string of the molecule is CCCCCCCN[C@H](CO)C(=O)O. The number of carbonyl (C=O) groups is 1. The molecule has 0 saturated carbocycles. The van der Waals surface area contributed by atoms with Crippen molar-refractivity contribution < 1.29 is 15.0 Å². The third-order valence-electron chi connectivity index (χ3n) is 2.15. The van der Waals surface area contributed by atoms with E-state index in [2.05, 4.69) is 12.2 Å². The Hall–Kier alpha value is -0.610. The Balaban J connectivity index is 3.29. The van der Waals surface area contributed by atoms with Gasteiger partial charge in [0, 0.05) is 0 Å². The lowest BCUT2D eigenvalue weighted by atomic mass is 10.1. The predicted molar refractivity (Wildman–Crippen MR) is 55.3 cm³/mol. The van der Waals surface area contributed by atoms with Crippen LogP contribution in [0.4, 0.5) is 0 Å². The van der Waals surface area contributed by atoms with Gasteiger partial charge in [0.25, 0.3) is 0 Å². The Bertz CT molecular complexity index is 150. The second kappa shape index (κ2) is 8.97. The van der Waals surface area contributed by atoms with E-state index in [0.29, 0.717) is 6.54 Å². The highest BCUT2D eigenvalue weighted by Crippen LogP contribution is 2.01. The minimum atomic E-state index is -0.985. The molecule has 0 aromatic heterocycles. The maximum Gasteiger partial charge on any atom is 0.323 e. The average Bonchev–Trinajstić information content (AvgIpc) is 2.16. The molecule has 0 spiro atoms. The Morgan fingerprint density at radius 3 is 2.43 bits per heavy atom. The van der Waals surface area contributed by atoms with Crippen molar-refractivity contribution in [2.45, 2.75) is 45.1 Å². The highest BCUT2D eigenvalue weighted by Gasteiger charge is 2.13. The normalized spacial score (nSPS) is 12.7. The van der Waals surface area contributed by atoms with Gasteiger partial charge in [0.2, 0.25) is 0 Å². The summed E-state index contributed by atoms with van der Waals surface area (Å²) in [4.78, 5) is 10.5. The van der Waals surface area contributed by atoms with E-state index in [9.17, 15) is 4.79 Å². The van der Waals surface area contributed by atoms with Gasteiger partial charge in [-0.25, -0.2) is 0 Å². The summed E-state index contributed by atoms with van der Waals surface area (Å²) in [6, 6.07) is -0.804. The Morgan fingerprint density at radius 1 is 1.29 bits per heavy atom. The van der Waals surface area contributed by atoms with E-state index in [1.807, 2.05) is 0 Å². The summed E-state index contributed by atoms with van der Waals surface area (Å²) < 4.78 is 0. The van der Waals surface area contributed by atoms with Crippen LogP contribution in [0.1, 0.15) is 39.0 Å². The lowest BCUT2D eigenvalue weighted by Crippen LogP contribution is -2.40. The number of rotatable bonds is 9. The predicted octanol–water partition coefficient (Wildman–Crippen LogP) is 0.992. The Kier molecular flexibility index (Phi) is 8.57. The van der Waals surface area contributed by atoms with Crippen LogP contribution in [0.2, 0.25) is 0 Å². The fraction of sp³-hybridized carbons (Fsp3) is 0.900. The first-order valence-corrected chi connectivity index (χ1v) is 5.29. The molecule has 3 N–H and O–H groups in total. The number of hydrogen-bond donors (Lipinski definition) is 3. The van der Waals surface area contributed by atoms with Crippen molar-refractivity contribution in [3.8, 4) is 0 Å². The lowest BCUT2D eigenvalue weighted by Gasteiger charge is -2.10. The van der Waals surface area contributed by atoms with E-state index in [0.717, 1.165) is 12.8 Å². The topological polar surface area (TPSA) is 69.6 Å². The van der Waals surface area contributed by atoms with Gasteiger partial charge in [-0.2, -0.15) is 0 Å². The molecule has 0 unspecified atom stereocenters. The minimum absolute atomic E-state index is 0.343. The maximum atomic E-state index is 10.5. The zero-order valence-electron chi connectivity index (χ0n) is 8.83. The van der Waals surface area contributed by atoms with Crippen molar-refractivity contribution in [3.63, 3.8) is 0 Å². The summed E-state index contributed by atoms with van der Waals surface area (Å²) in [6.07, 6.45) is 5.75. The summed E-state index contributed by atoms with van der Waals surface area (Å²) in [6.45, 7) is 2.48. The lowest BCUT2D eigenvalue weighted by molar-refractivity contribution is -0.140. The van der Waals surface area contributed by atoms with Crippen LogP contribution in [0.15, 0.2) is 0 Å². The van der Waals surface area contributed by atoms with E-state index in [1.54, 1.807) is 0 Å². The van der Waals surface area contributed by atoms with Gasteiger partial charge in [0.1, 0.15) is 6.04 Å². The second-order valence-corrected chi connectivity index (χ2v) is 3.44. The fourth-order valence-corrected chi connectivity index (χ4v) is 1.23. The maximum absolute atomic E-state index is 10.5. The minimum Gasteiger partial charge on any atom is -0.480 e. The van der Waals surface area contributed by atoms with Crippen molar-refractivity contribution >= 4 is 5.97 Å². The van der Waals surface area contributed by atoms with Crippen molar-refractivity contribution in [3.05, 3.63) is 0 Å². The molecular formula is C10H21NO3. The van der Waals surface area contributed by atoms with Gasteiger partial charge in [0.15, 0.2) is 0 Å². The standard InChI is InChI=1S/C10H21NO3/c1-2-3-4-5-6-7-11-9(8-12)10(13)14/h9,11-12H,2-8H2,1H3,(H,13,14)/t9-/m1/s1. The van der Waals surface area contributed by atoms with Gasteiger partial charge in [-0.3, -0.25) is 4.79 Å². The van der Waals surface area contributed by atoms with E-state index >= 15 is 0 Å². The van der Waals surface area contributed by atoms with E-state index < -0.39 is 12.0 Å². The molecule has 0 bridgehead atoms. The van der Waals surface area contributed by atoms with Gasteiger partial charge in [-0.1, -0.05) is 32.6 Å². The van der Waals surface area contributed by atoms with Crippen LogP contribution in [0, 0.1) is 0 Å². The number of aliphatic hydroxyl groups excluding tert-OH is 1. The number of nitrogens with one attached hydrogen (secondary N) is 1. The van der Waals surface area contributed by atoms with Crippen LogP contribution < -0.4 is 5.32 Å². The first-order chi connectivity index (χ1) is 6.72. The summed E-state index contributed by atoms with van der Waals surface area (Å²) >= 11 is 0. The van der Waals surface area contributed by atoms with Crippen molar-refractivity contribution in [2.24, 2.45) is 0 Å². The average molecular weight is 203 g/mol. The molecule has 4 heteroatoms. The number of aliphatic carboxylic acids is 1. The molecule has 1 atom stereocenters. The molecule has 0 fully saturated rings. The van der Waals surface area contributed by atoms with Gasteiger partial charge < -0.3 is 15.5 Å². The van der Waals surface area contributed by atoms with Gasteiger partial charge >= 0.3 is 5.97 Å². The number of carboxylic acids is 1. The molecule has 0 aliphatic carbocycles. The van der Waals surface area contributed by atoms with Crippen LogP contribution in [0.5, 0.6) is 0 Å². The smallest absolute Gasteiger partial charge is 0.323 e. The summed E-state index contributed by atoms with van der Waals surface area (Å²) in [5.74, 6) is -0.985. The first-order valence-electron chi connectivity index (χ1n) is 5.29. The van der Waals surface area contributed by atoms with Crippen LogP contribution >= 0.6 is 0 Å².